The molecule has 2 saturated heterocycles. The first-order valence-corrected chi connectivity index (χ1v) is 15.6. The molecule has 3 aliphatic heterocycles. The Bertz CT molecular complexity index is 1540. The zero-order chi connectivity index (χ0) is 33.7. The molecule has 2 amide bonds. The van der Waals surface area contributed by atoms with E-state index < -0.39 is 47.3 Å². The lowest BCUT2D eigenvalue weighted by Crippen LogP contribution is -2.58. The number of benzene rings is 1. The molecular weight excluding hydrogens is 623 g/mol. The largest absolute Gasteiger partial charge is 0.514 e. The van der Waals surface area contributed by atoms with Gasteiger partial charge in [-0.25, -0.2) is 19.0 Å². The molecule has 0 unspecified atom stereocenters. The number of nitrogens with zero attached hydrogens (tertiary/aromatic N) is 4. The number of aromatic nitrogens is 1. The number of ether oxygens (including phenoxy) is 4. The molecule has 2 aromatic rings. The highest BCUT2D eigenvalue weighted by atomic mass is 35.5. The van der Waals surface area contributed by atoms with Gasteiger partial charge >= 0.3 is 12.2 Å². The van der Waals surface area contributed by atoms with E-state index in [4.69, 9.17) is 35.5 Å². The monoisotopic (exact) mass is 662 g/mol. The van der Waals surface area contributed by atoms with Crippen molar-refractivity contribution in [2.75, 3.05) is 37.7 Å². The fraction of sp³-hybridized carbons (Fsp3) is 0.562. The number of pyridine rings is 1. The molecule has 250 valence electrons. The molecule has 46 heavy (non-hydrogen) atoms. The van der Waals surface area contributed by atoms with Crippen LogP contribution in [0.5, 0.6) is 11.5 Å². The van der Waals surface area contributed by atoms with Crippen molar-refractivity contribution >= 4 is 35.6 Å². The number of fused-ring (bicyclic) bond motifs is 2. The Kier molecular flexibility index (Phi) is 9.04. The Morgan fingerprint density at radius 1 is 1.04 bits per heavy atom. The van der Waals surface area contributed by atoms with E-state index >= 15 is 4.39 Å². The van der Waals surface area contributed by atoms with Crippen LogP contribution in [0, 0.1) is 5.82 Å². The van der Waals surface area contributed by atoms with Crippen LogP contribution in [-0.4, -0.2) is 100 Å². The van der Waals surface area contributed by atoms with E-state index in [0.29, 0.717) is 6.42 Å². The van der Waals surface area contributed by atoms with Crippen molar-refractivity contribution in [1.29, 1.82) is 0 Å². The van der Waals surface area contributed by atoms with E-state index in [9.17, 15) is 19.5 Å². The van der Waals surface area contributed by atoms with Crippen LogP contribution < -0.4 is 14.4 Å². The Morgan fingerprint density at radius 2 is 1.74 bits per heavy atom. The highest BCUT2D eigenvalue weighted by Gasteiger charge is 2.43. The second kappa shape index (κ2) is 12.4. The van der Waals surface area contributed by atoms with Gasteiger partial charge in [0.25, 0.3) is 5.91 Å². The second-order valence-electron chi connectivity index (χ2n) is 13.8. The number of aliphatic hydroxyl groups is 1. The van der Waals surface area contributed by atoms with Crippen LogP contribution in [0.3, 0.4) is 0 Å². The van der Waals surface area contributed by atoms with Crippen molar-refractivity contribution in [3.05, 3.63) is 34.6 Å². The first kappa shape index (κ1) is 33.5. The van der Waals surface area contributed by atoms with Crippen LogP contribution in [0.1, 0.15) is 65.2 Å². The number of hydrogen-bond donors (Lipinski definition) is 1. The number of piperazine rings is 1. The van der Waals surface area contributed by atoms with Crippen molar-refractivity contribution < 1.29 is 42.8 Å². The fourth-order valence-corrected chi connectivity index (χ4v) is 6.08. The topological polar surface area (TPSA) is 131 Å². The Hall–Kier alpha value is -3.84. The molecule has 0 aliphatic carbocycles. The quantitative estimate of drug-likeness (QED) is 0.343. The van der Waals surface area contributed by atoms with E-state index in [2.05, 4.69) is 0 Å². The zero-order valence-electron chi connectivity index (χ0n) is 27.1. The number of aliphatic hydroxyl groups excluding tert-OH is 1. The summed E-state index contributed by atoms with van der Waals surface area (Å²) < 4.78 is 38.2. The van der Waals surface area contributed by atoms with E-state index in [0.717, 1.165) is 0 Å². The first-order chi connectivity index (χ1) is 21.4. The van der Waals surface area contributed by atoms with Crippen molar-refractivity contribution in [2.45, 2.75) is 84.3 Å². The third-order valence-electron chi connectivity index (χ3n) is 7.72. The fourth-order valence-electron chi connectivity index (χ4n) is 5.79. The average Bonchev–Trinajstić information content (AvgIpc) is 3.19. The van der Waals surface area contributed by atoms with E-state index in [1.807, 2.05) is 6.92 Å². The van der Waals surface area contributed by atoms with Crippen LogP contribution >= 0.6 is 11.6 Å². The van der Waals surface area contributed by atoms with Crippen LogP contribution in [0.15, 0.2) is 18.2 Å². The molecule has 0 spiro atoms. The molecule has 1 aromatic heterocycles. The van der Waals surface area contributed by atoms with Gasteiger partial charge in [-0.2, -0.15) is 0 Å². The summed E-state index contributed by atoms with van der Waals surface area (Å²) in [6, 6.07) is 3.12. The molecule has 3 atom stereocenters. The molecule has 5 rings (SSSR count). The lowest BCUT2D eigenvalue weighted by molar-refractivity contribution is 0.000935. The van der Waals surface area contributed by atoms with E-state index in [1.54, 1.807) is 51.3 Å². The van der Waals surface area contributed by atoms with Gasteiger partial charge in [-0.05, 0) is 67.0 Å². The summed E-state index contributed by atoms with van der Waals surface area (Å²) in [6.07, 6.45) is -1.84. The van der Waals surface area contributed by atoms with Crippen molar-refractivity contribution in [3.63, 3.8) is 0 Å². The van der Waals surface area contributed by atoms with E-state index in [1.165, 1.54) is 23.1 Å². The minimum absolute atomic E-state index is 0.0232. The molecule has 14 heteroatoms. The molecule has 4 heterocycles. The van der Waals surface area contributed by atoms with Gasteiger partial charge < -0.3 is 38.8 Å². The van der Waals surface area contributed by atoms with Gasteiger partial charge in [-0.15, -0.1) is 0 Å². The summed E-state index contributed by atoms with van der Waals surface area (Å²) in [5.41, 5.74) is -1.86. The van der Waals surface area contributed by atoms with Crippen LogP contribution in [0.2, 0.25) is 5.02 Å². The third kappa shape index (κ3) is 6.95. The number of rotatable bonds is 3. The van der Waals surface area contributed by atoms with Gasteiger partial charge in [0.05, 0.1) is 17.7 Å². The van der Waals surface area contributed by atoms with Gasteiger partial charge in [0.1, 0.15) is 51.5 Å². The van der Waals surface area contributed by atoms with Crippen molar-refractivity contribution in [1.82, 2.24) is 14.8 Å². The highest BCUT2D eigenvalue weighted by molar-refractivity contribution is 6.35. The number of amides is 2. The first-order valence-electron chi connectivity index (χ1n) is 15.2. The highest BCUT2D eigenvalue weighted by Crippen LogP contribution is 2.47. The molecule has 1 aromatic carbocycles. The molecule has 12 nitrogen and oxygen atoms in total. The van der Waals surface area contributed by atoms with Crippen LogP contribution in [0.4, 0.5) is 19.8 Å². The predicted molar refractivity (Wildman–Crippen MR) is 167 cm³/mol. The van der Waals surface area contributed by atoms with Gasteiger partial charge in [-0.1, -0.05) is 17.7 Å². The Balaban J connectivity index is 1.60. The second-order valence-corrected chi connectivity index (χ2v) is 14.1. The lowest BCUT2D eigenvalue weighted by Gasteiger charge is -2.40. The number of β-amino-alcohol motifs (C(OH)–C–C–N with tert-alkyl or cyclic N) is 1. The Morgan fingerprint density at radius 3 is 2.37 bits per heavy atom. The summed E-state index contributed by atoms with van der Waals surface area (Å²) in [7, 11) is 0. The predicted octanol–water partition coefficient (Wildman–Crippen LogP) is 5.27. The van der Waals surface area contributed by atoms with Crippen LogP contribution in [-0.2, 0) is 9.47 Å². The summed E-state index contributed by atoms with van der Waals surface area (Å²) in [4.78, 5) is 49.4. The number of carbonyl (C=O) groups is 3. The maximum atomic E-state index is 15.7. The van der Waals surface area contributed by atoms with Gasteiger partial charge in [0, 0.05) is 32.2 Å². The molecule has 3 aliphatic rings. The molecule has 2 fully saturated rings. The SMILES string of the molecule is C[C@H]1C[C@@H](O)CN1c1nc(-c2c(F)cccc2OC(=O)OC(C)(C)C)c(Cl)c2c1C(=O)N1CCN(C(=O)OC(C)(C)C)C[C@@H]1CO2. The van der Waals surface area contributed by atoms with E-state index in [-0.39, 0.29) is 78.0 Å². The smallest absolute Gasteiger partial charge is 0.489 e. The number of hydrogen-bond acceptors (Lipinski definition) is 10. The molecular formula is C32H40ClFN4O8. The summed E-state index contributed by atoms with van der Waals surface area (Å²) in [5.74, 6) is -1.30. The molecule has 0 radical (unpaired) electrons. The van der Waals surface area contributed by atoms with Crippen molar-refractivity contribution in [2.24, 2.45) is 0 Å². The molecule has 0 saturated carbocycles. The number of halogens is 2. The van der Waals surface area contributed by atoms with Crippen LogP contribution in [0.25, 0.3) is 11.3 Å². The van der Waals surface area contributed by atoms with Crippen molar-refractivity contribution in [3.8, 4) is 22.8 Å². The lowest BCUT2D eigenvalue weighted by atomic mass is 10.0. The third-order valence-corrected chi connectivity index (χ3v) is 8.08. The van der Waals surface area contributed by atoms with Gasteiger partial charge in [0.2, 0.25) is 0 Å². The summed E-state index contributed by atoms with van der Waals surface area (Å²) >= 11 is 6.93. The minimum Gasteiger partial charge on any atom is -0.489 e. The molecule has 1 N–H and O–H groups in total. The summed E-state index contributed by atoms with van der Waals surface area (Å²) in [6.45, 7) is 12.9. The maximum absolute atomic E-state index is 15.7. The number of anilines is 1. The Labute approximate surface area is 272 Å². The normalized spacial score (nSPS) is 21.7. The maximum Gasteiger partial charge on any atom is 0.514 e. The van der Waals surface area contributed by atoms with Gasteiger partial charge in [-0.3, -0.25) is 4.79 Å². The minimum atomic E-state index is -1.06. The average molecular weight is 663 g/mol. The summed E-state index contributed by atoms with van der Waals surface area (Å²) in [5, 5.41) is 10.4. The standard InChI is InChI=1S/C32H40ClFN4O8/c1-17-13-19(39)15-38(17)27-23-26(43-16-18-14-36(11-12-37(18)28(23)40)29(41)45-31(2,3)4)24(33)25(35-27)22-20(34)9-8-10-21(22)44-30(42)46-32(5,6)7/h8-10,17-19,39H,11-16H2,1-7H3/t17-,18+,19+/m0/s1. The molecule has 0 bridgehead atoms. The number of carbonyl (C=O) groups excluding carboxylic acids is 3. The van der Waals surface area contributed by atoms with Gasteiger partial charge in [0.15, 0.2) is 5.75 Å². The zero-order valence-corrected chi connectivity index (χ0v) is 27.8.